The fourth-order valence-corrected chi connectivity index (χ4v) is 3.64. The van der Waals surface area contributed by atoms with Crippen LogP contribution in [-0.2, 0) is 14.3 Å². The molecule has 0 saturated carbocycles. The third-order valence-electron chi connectivity index (χ3n) is 5.11. The lowest BCUT2D eigenvalue weighted by Gasteiger charge is -2.20. The predicted octanol–water partition coefficient (Wildman–Crippen LogP) is 4.28. The summed E-state index contributed by atoms with van der Waals surface area (Å²) in [5.74, 6) is -1.01. The van der Waals surface area contributed by atoms with E-state index in [9.17, 15) is 14.4 Å². The van der Waals surface area contributed by atoms with Gasteiger partial charge < -0.3 is 15.0 Å². The predicted molar refractivity (Wildman–Crippen MR) is 119 cm³/mol. The Morgan fingerprint density at radius 3 is 2.39 bits per heavy atom. The Morgan fingerprint density at radius 1 is 0.903 bits per heavy atom. The van der Waals surface area contributed by atoms with Gasteiger partial charge in [0, 0.05) is 13.0 Å². The van der Waals surface area contributed by atoms with Gasteiger partial charge in [-0.2, -0.15) is 0 Å². The Bertz CT molecular complexity index is 1110. The summed E-state index contributed by atoms with van der Waals surface area (Å²) in [5.41, 5.74) is 3.20. The van der Waals surface area contributed by atoms with Crippen LogP contribution in [-0.4, -0.2) is 30.9 Å². The SMILES string of the molecule is O=C(COC(=O)c1ccccc1-c1ccccc1)Nc1ccccc1N1CCCC1=O. The van der Waals surface area contributed by atoms with E-state index in [-0.39, 0.29) is 5.91 Å². The number of carbonyl (C=O) groups is 3. The molecule has 0 radical (unpaired) electrons. The first-order chi connectivity index (χ1) is 15.1. The number of nitrogens with one attached hydrogen (secondary N) is 1. The van der Waals surface area contributed by atoms with Crippen molar-refractivity contribution in [2.45, 2.75) is 12.8 Å². The lowest BCUT2D eigenvalue weighted by atomic mass is 10.00. The van der Waals surface area contributed by atoms with Gasteiger partial charge in [-0.25, -0.2) is 4.79 Å². The molecule has 1 saturated heterocycles. The van der Waals surface area contributed by atoms with Crippen molar-refractivity contribution in [3.05, 3.63) is 84.4 Å². The second-order valence-electron chi connectivity index (χ2n) is 7.20. The summed E-state index contributed by atoms with van der Waals surface area (Å²) in [6.45, 7) is 0.196. The fourth-order valence-electron chi connectivity index (χ4n) is 3.64. The zero-order valence-corrected chi connectivity index (χ0v) is 16.9. The molecule has 156 valence electrons. The molecule has 0 bridgehead atoms. The number of amides is 2. The largest absolute Gasteiger partial charge is 0.452 e. The number of rotatable bonds is 6. The first-order valence-electron chi connectivity index (χ1n) is 10.1. The van der Waals surface area contributed by atoms with Crippen LogP contribution in [0.1, 0.15) is 23.2 Å². The van der Waals surface area contributed by atoms with E-state index in [1.807, 2.05) is 48.5 Å². The number of benzene rings is 3. The molecule has 0 unspecified atom stereocenters. The van der Waals surface area contributed by atoms with Gasteiger partial charge in [0.2, 0.25) is 5.91 Å². The number of para-hydroxylation sites is 2. The molecule has 0 aromatic heterocycles. The molecule has 2 amide bonds. The molecule has 31 heavy (non-hydrogen) atoms. The number of hydrogen-bond donors (Lipinski definition) is 1. The van der Waals surface area contributed by atoms with Gasteiger partial charge in [-0.3, -0.25) is 9.59 Å². The van der Waals surface area contributed by atoms with E-state index in [4.69, 9.17) is 4.74 Å². The third-order valence-corrected chi connectivity index (χ3v) is 5.11. The van der Waals surface area contributed by atoms with Gasteiger partial charge in [-0.15, -0.1) is 0 Å². The number of carbonyl (C=O) groups excluding carboxylic acids is 3. The summed E-state index contributed by atoms with van der Waals surface area (Å²) < 4.78 is 5.28. The van der Waals surface area contributed by atoms with Crippen LogP contribution in [0.2, 0.25) is 0 Å². The minimum atomic E-state index is -0.572. The van der Waals surface area contributed by atoms with Crippen molar-refractivity contribution in [2.75, 3.05) is 23.4 Å². The minimum absolute atomic E-state index is 0.0330. The Hall–Kier alpha value is -3.93. The minimum Gasteiger partial charge on any atom is -0.452 e. The van der Waals surface area contributed by atoms with Crippen molar-refractivity contribution in [2.24, 2.45) is 0 Å². The smallest absolute Gasteiger partial charge is 0.339 e. The van der Waals surface area contributed by atoms with E-state index in [1.54, 1.807) is 35.2 Å². The molecule has 1 aliphatic heterocycles. The topological polar surface area (TPSA) is 75.7 Å². The van der Waals surface area contributed by atoms with Crippen LogP contribution in [0.4, 0.5) is 11.4 Å². The van der Waals surface area contributed by atoms with Crippen LogP contribution >= 0.6 is 0 Å². The van der Waals surface area contributed by atoms with Gasteiger partial charge in [0.15, 0.2) is 6.61 Å². The summed E-state index contributed by atoms with van der Waals surface area (Å²) in [7, 11) is 0. The number of esters is 1. The molecule has 4 rings (SSSR count). The van der Waals surface area contributed by atoms with Gasteiger partial charge in [0.05, 0.1) is 16.9 Å². The maximum absolute atomic E-state index is 12.7. The second-order valence-corrected chi connectivity index (χ2v) is 7.20. The average molecular weight is 414 g/mol. The average Bonchev–Trinajstić information content (AvgIpc) is 3.24. The van der Waals surface area contributed by atoms with E-state index >= 15 is 0 Å². The molecule has 6 heteroatoms. The van der Waals surface area contributed by atoms with Crippen molar-refractivity contribution >= 4 is 29.2 Å². The van der Waals surface area contributed by atoms with Crippen LogP contribution in [0, 0.1) is 0 Å². The van der Waals surface area contributed by atoms with Crippen LogP contribution in [0.5, 0.6) is 0 Å². The lowest BCUT2D eigenvalue weighted by Crippen LogP contribution is -2.27. The maximum Gasteiger partial charge on any atom is 0.339 e. The molecular weight excluding hydrogens is 392 g/mol. The highest BCUT2D eigenvalue weighted by Crippen LogP contribution is 2.29. The molecule has 6 nitrogen and oxygen atoms in total. The van der Waals surface area contributed by atoms with E-state index < -0.39 is 18.5 Å². The maximum atomic E-state index is 12.7. The molecule has 3 aromatic carbocycles. The summed E-state index contributed by atoms with van der Waals surface area (Å²) in [4.78, 5) is 38.9. The number of anilines is 2. The molecule has 0 spiro atoms. The standard InChI is InChI=1S/C25H22N2O4/c28-23(26-21-13-6-7-14-22(21)27-16-8-15-24(27)29)17-31-25(30)20-12-5-4-11-19(20)18-9-2-1-3-10-18/h1-7,9-14H,8,15-17H2,(H,26,28). The zero-order chi connectivity index (χ0) is 21.6. The molecule has 1 heterocycles. The number of hydrogen-bond acceptors (Lipinski definition) is 4. The van der Waals surface area contributed by atoms with E-state index in [2.05, 4.69) is 5.32 Å². The Balaban J connectivity index is 1.43. The van der Waals surface area contributed by atoms with E-state index in [1.165, 1.54) is 0 Å². The Labute approximate surface area is 180 Å². The van der Waals surface area contributed by atoms with E-state index in [0.29, 0.717) is 29.9 Å². The van der Waals surface area contributed by atoms with Gasteiger partial charge in [-0.05, 0) is 35.7 Å². The molecular formula is C25H22N2O4. The van der Waals surface area contributed by atoms with Gasteiger partial charge in [0.1, 0.15) is 0 Å². The lowest BCUT2D eigenvalue weighted by molar-refractivity contribution is -0.119. The monoisotopic (exact) mass is 414 g/mol. The highest BCUT2D eigenvalue weighted by atomic mass is 16.5. The van der Waals surface area contributed by atoms with Crippen molar-refractivity contribution in [3.63, 3.8) is 0 Å². The molecule has 1 N–H and O–H groups in total. The third kappa shape index (κ3) is 4.64. The van der Waals surface area contributed by atoms with Crippen LogP contribution in [0.25, 0.3) is 11.1 Å². The Kier molecular flexibility index (Phi) is 6.08. The fraction of sp³-hybridized carbons (Fsp3) is 0.160. The normalized spacial score (nSPS) is 13.2. The number of nitrogens with zero attached hydrogens (tertiary/aromatic N) is 1. The van der Waals surface area contributed by atoms with Gasteiger partial charge in [-0.1, -0.05) is 60.7 Å². The highest BCUT2D eigenvalue weighted by Gasteiger charge is 2.24. The highest BCUT2D eigenvalue weighted by molar-refractivity contribution is 6.03. The van der Waals surface area contributed by atoms with Crippen molar-refractivity contribution in [1.29, 1.82) is 0 Å². The van der Waals surface area contributed by atoms with Crippen LogP contribution in [0.3, 0.4) is 0 Å². The first-order valence-corrected chi connectivity index (χ1v) is 10.1. The molecule has 1 aliphatic rings. The zero-order valence-electron chi connectivity index (χ0n) is 16.9. The quantitative estimate of drug-likeness (QED) is 0.611. The summed E-state index contributed by atoms with van der Waals surface area (Å²) >= 11 is 0. The van der Waals surface area contributed by atoms with Crippen molar-refractivity contribution in [1.82, 2.24) is 0 Å². The molecule has 0 atom stereocenters. The molecule has 3 aromatic rings. The molecule has 1 fully saturated rings. The van der Waals surface area contributed by atoms with Gasteiger partial charge in [0.25, 0.3) is 5.91 Å². The van der Waals surface area contributed by atoms with E-state index in [0.717, 1.165) is 17.5 Å². The summed E-state index contributed by atoms with van der Waals surface area (Å²) in [6, 6.07) is 23.8. The number of ether oxygens (including phenoxy) is 1. The molecule has 0 aliphatic carbocycles. The van der Waals surface area contributed by atoms with Crippen LogP contribution in [0.15, 0.2) is 78.9 Å². The Morgan fingerprint density at radius 2 is 1.61 bits per heavy atom. The van der Waals surface area contributed by atoms with Gasteiger partial charge >= 0.3 is 5.97 Å². The van der Waals surface area contributed by atoms with Crippen molar-refractivity contribution in [3.8, 4) is 11.1 Å². The second kappa shape index (κ2) is 9.26. The first kappa shape index (κ1) is 20.3. The van der Waals surface area contributed by atoms with Crippen LogP contribution < -0.4 is 10.2 Å². The summed E-state index contributed by atoms with van der Waals surface area (Å²) in [5, 5.41) is 2.75. The van der Waals surface area contributed by atoms with Crippen molar-refractivity contribution < 1.29 is 19.1 Å². The summed E-state index contributed by atoms with van der Waals surface area (Å²) in [6.07, 6.45) is 1.29.